The highest BCUT2D eigenvalue weighted by molar-refractivity contribution is 9.12. The van der Waals surface area contributed by atoms with Crippen LogP contribution in [0.2, 0.25) is 0 Å². The molecular formula is C6H7BrO. The van der Waals surface area contributed by atoms with Gasteiger partial charge in [-0.1, -0.05) is 6.58 Å². The molecule has 0 atom stereocenters. The van der Waals surface area contributed by atoms with E-state index >= 15 is 0 Å². The standard InChI is InChI=1S/C6H7BrO/c1-4(7)6(8)5-2-3-5/h5H,1-3H2. The van der Waals surface area contributed by atoms with Gasteiger partial charge in [0.1, 0.15) is 0 Å². The molecule has 0 aromatic heterocycles. The zero-order chi connectivity index (χ0) is 6.15. The van der Waals surface area contributed by atoms with Gasteiger partial charge >= 0.3 is 0 Å². The number of halogens is 1. The highest BCUT2D eigenvalue weighted by Crippen LogP contribution is 2.32. The molecule has 1 nitrogen and oxygen atoms in total. The average molecular weight is 175 g/mol. The van der Waals surface area contributed by atoms with Crippen molar-refractivity contribution in [3.63, 3.8) is 0 Å². The van der Waals surface area contributed by atoms with Crippen LogP contribution in [0.25, 0.3) is 0 Å². The van der Waals surface area contributed by atoms with E-state index in [9.17, 15) is 4.79 Å². The molecule has 2 heteroatoms. The maximum atomic E-state index is 10.8. The van der Waals surface area contributed by atoms with Crippen LogP contribution in [0.5, 0.6) is 0 Å². The van der Waals surface area contributed by atoms with Crippen molar-refractivity contribution >= 4 is 21.7 Å². The summed E-state index contributed by atoms with van der Waals surface area (Å²) in [5.74, 6) is 0.492. The molecule has 1 fully saturated rings. The Hall–Kier alpha value is -0.110. The number of hydrogen-bond donors (Lipinski definition) is 0. The summed E-state index contributed by atoms with van der Waals surface area (Å²) in [6.07, 6.45) is 2.12. The summed E-state index contributed by atoms with van der Waals surface area (Å²) >= 11 is 3.04. The van der Waals surface area contributed by atoms with Crippen LogP contribution in [0.4, 0.5) is 0 Å². The number of carbonyl (C=O) groups excluding carboxylic acids is 1. The first-order valence-electron chi connectivity index (χ1n) is 2.60. The zero-order valence-corrected chi connectivity index (χ0v) is 6.07. The quantitative estimate of drug-likeness (QED) is 0.585. The van der Waals surface area contributed by atoms with Gasteiger partial charge in [0.15, 0.2) is 5.78 Å². The molecule has 0 bridgehead atoms. The van der Waals surface area contributed by atoms with Crippen LogP contribution in [0, 0.1) is 5.92 Å². The van der Waals surface area contributed by atoms with Gasteiger partial charge in [-0.05, 0) is 28.8 Å². The van der Waals surface area contributed by atoms with Gasteiger partial charge in [-0.15, -0.1) is 0 Å². The van der Waals surface area contributed by atoms with Gasteiger partial charge in [-0.3, -0.25) is 4.79 Å². The van der Waals surface area contributed by atoms with Crippen LogP contribution in [0.1, 0.15) is 12.8 Å². The van der Waals surface area contributed by atoms with E-state index < -0.39 is 0 Å². The van der Waals surface area contributed by atoms with Gasteiger partial charge in [-0.25, -0.2) is 0 Å². The van der Waals surface area contributed by atoms with E-state index in [-0.39, 0.29) is 5.78 Å². The van der Waals surface area contributed by atoms with Crippen molar-refractivity contribution in [3.05, 3.63) is 11.1 Å². The number of ketones is 1. The zero-order valence-electron chi connectivity index (χ0n) is 4.48. The number of carbonyl (C=O) groups is 1. The van der Waals surface area contributed by atoms with Crippen molar-refractivity contribution in [2.75, 3.05) is 0 Å². The first-order valence-corrected chi connectivity index (χ1v) is 3.39. The van der Waals surface area contributed by atoms with Crippen molar-refractivity contribution in [3.8, 4) is 0 Å². The Morgan fingerprint density at radius 2 is 2.12 bits per heavy atom. The molecule has 0 aliphatic heterocycles. The molecule has 8 heavy (non-hydrogen) atoms. The number of allylic oxidation sites excluding steroid dienone is 1. The Kier molecular flexibility index (Phi) is 1.52. The second-order valence-electron chi connectivity index (χ2n) is 2.04. The van der Waals surface area contributed by atoms with Crippen LogP contribution in [-0.2, 0) is 4.79 Å². The predicted molar refractivity (Wildman–Crippen MR) is 35.8 cm³/mol. The lowest BCUT2D eigenvalue weighted by Gasteiger charge is -1.88. The van der Waals surface area contributed by atoms with Crippen LogP contribution >= 0.6 is 15.9 Å². The summed E-state index contributed by atoms with van der Waals surface area (Å²) in [4.78, 5) is 10.8. The van der Waals surface area contributed by atoms with Gasteiger partial charge in [-0.2, -0.15) is 0 Å². The van der Waals surface area contributed by atoms with E-state index in [0.29, 0.717) is 10.4 Å². The van der Waals surface area contributed by atoms with Crippen LogP contribution < -0.4 is 0 Å². The first-order chi connectivity index (χ1) is 3.72. The van der Waals surface area contributed by atoms with Gasteiger partial charge < -0.3 is 0 Å². The maximum Gasteiger partial charge on any atom is 0.172 e. The molecular weight excluding hydrogens is 168 g/mol. The highest BCUT2D eigenvalue weighted by Gasteiger charge is 2.29. The summed E-state index contributed by atoms with van der Waals surface area (Å²) in [5.41, 5.74) is 0. The molecule has 44 valence electrons. The molecule has 0 aromatic rings. The number of hydrogen-bond acceptors (Lipinski definition) is 1. The Labute approximate surface area is 56.9 Å². The first kappa shape index (κ1) is 6.02. The lowest BCUT2D eigenvalue weighted by molar-refractivity contribution is -0.115. The van der Waals surface area contributed by atoms with E-state index in [1.807, 2.05) is 0 Å². The molecule has 1 aliphatic rings. The van der Waals surface area contributed by atoms with Crippen LogP contribution in [0.3, 0.4) is 0 Å². The van der Waals surface area contributed by atoms with Gasteiger partial charge in [0.25, 0.3) is 0 Å². The molecule has 0 radical (unpaired) electrons. The topological polar surface area (TPSA) is 17.1 Å². The highest BCUT2D eigenvalue weighted by atomic mass is 79.9. The number of rotatable bonds is 2. The minimum atomic E-state index is 0.185. The smallest absolute Gasteiger partial charge is 0.172 e. The van der Waals surface area contributed by atoms with Gasteiger partial charge in [0.2, 0.25) is 0 Å². The minimum absolute atomic E-state index is 0.185. The van der Waals surface area contributed by atoms with E-state index in [0.717, 1.165) is 12.8 Å². The van der Waals surface area contributed by atoms with Crippen molar-refractivity contribution < 1.29 is 4.79 Å². The molecule has 0 unspecified atom stereocenters. The lowest BCUT2D eigenvalue weighted by Crippen LogP contribution is -1.96. The van der Waals surface area contributed by atoms with E-state index in [1.54, 1.807) is 0 Å². The second kappa shape index (κ2) is 2.02. The fourth-order valence-electron chi connectivity index (χ4n) is 0.567. The van der Waals surface area contributed by atoms with Gasteiger partial charge in [0.05, 0.1) is 4.48 Å². The Balaban J connectivity index is 2.45. The molecule has 1 saturated carbocycles. The lowest BCUT2D eigenvalue weighted by atomic mass is 10.3. The Morgan fingerprint density at radius 1 is 1.62 bits per heavy atom. The molecule has 0 saturated heterocycles. The van der Waals surface area contributed by atoms with Crippen LogP contribution in [-0.4, -0.2) is 5.78 Å². The molecule has 0 heterocycles. The summed E-state index contributed by atoms with van der Waals surface area (Å²) in [7, 11) is 0. The molecule has 1 aliphatic carbocycles. The fourth-order valence-corrected chi connectivity index (χ4v) is 0.891. The van der Waals surface area contributed by atoms with Crippen molar-refractivity contribution in [1.82, 2.24) is 0 Å². The monoisotopic (exact) mass is 174 g/mol. The van der Waals surface area contributed by atoms with Crippen molar-refractivity contribution in [2.24, 2.45) is 5.92 Å². The third-order valence-electron chi connectivity index (χ3n) is 1.22. The Bertz CT molecular complexity index is 135. The molecule has 0 N–H and O–H groups in total. The maximum absolute atomic E-state index is 10.8. The molecule has 0 aromatic carbocycles. The normalized spacial score (nSPS) is 18.1. The second-order valence-corrected chi connectivity index (χ2v) is 3.00. The van der Waals surface area contributed by atoms with Crippen LogP contribution in [0.15, 0.2) is 11.1 Å². The molecule has 0 spiro atoms. The van der Waals surface area contributed by atoms with E-state index in [2.05, 4.69) is 22.5 Å². The summed E-state index contributed by atoms with van der Waals surface area (Å²) in [6, 6.07) is 0. The largest absolute Gasteiger partial charge is 0.293 e. The summed E-state index contributed by atoms with van der Waals surface area (Å²) in [6.45, 7) is 3.48. The Morgan fingerprint density at radius 3 is 2.25 bits per heavy atom. The predicted octanol–water partition coefficient (Wildman–Crippen LogP) is 1.87. The third kappa shape index (κ3) is 1.19. The fraction of sp³-hybridized carbons (Fsp3) is 0.500. The third-order valence-corrected chi connectivity index (χ3v) is 1.61. The summed E-state index contributed by atoms with van der Waals surface area (Å²) < 4.78 is 0.528. The molecule has 1 rings (SSSR count). The number of Topliss-reactive ketones (excluding diaryl/α,β-unsaturated/α-hetero) is 1. The van der Waals surface area contributed by atoms with E-state index in [1.165, 1.54) is 0 Å². The summed E-state index contributed by atoms with van der Waals surface area (Å²) in [5, 5.41) is 0. The van der Waals surface area contributed by atoms with Crippen molar-refractivity contribution in [1.29, 1.82) is 0 Å². The minimum Gasteiger partial charge on any atom is -0.293 e. The molecule has 0 amide bonds. The average Bonchev–Trinajstić information content (AvgIpc) is 2.43. The van der Waals surface area contributed by atoms with Gasteiger partial charge in [0, 0.05) is 5.92 Å². The van der Waals surface area contributed by atoms with Crippen molar-refractivity contribution in [2.45, 2.75) is 12.8 Å². The van der Waals surface area contributed by atoms with E-state index in [4.69, 9.17) is 0 Å². The SMILES string of the molecule is C=C(Br)C(=O)C1CC1.